The highest BCUT2D eigenvalue weighted by Crippen LogP contribution is 2.16. The summed E-state index contributed by atoms with van der Waals surface area (Å²) in [5.41, 5.74) is 1.70. The zero-order valence-electron chi connectivity index (χ0n) is 11.6. The average Bonchev–Trinajstić information content (AvgIpc) is 2.36. The Labute approximate surface area is 115 Å². The van der Waals surface area contributed by atoms with E-state index in [1.807, 2.05) is 19.1 Å². The highest BCUT2D eigenvalue weighted by Gasteiger charge is 2.15. The lowest BCUT2D eigenvalue weighted by atomic mass is 10.2. The molecule has 0 fully saturated rings. The molecule has 0 aliphatic rings. The zero-order chi connectivity index (χ0) is 14.3. The predicted molar refractivity (Wildman–Crippen MR) is 76.7 cm³/mol. The van der Waals surface area contributed by atoms with Gasteiger partial charge in [-0.25, -0.2) is 13.1 Å². The third-order valence-corrected chi connectivity index (χ3v) is 4.61. The summed E-state index contributed by atoms with van der Waals surface area (Å²) < 4.78 is 26.9. The van der Waals surface area contributed by atoms with E-state index in [-0.39, 0.29) is 6.61 Å². The lowest BCUT2D eigenvalue weighted by molar-refractivity contribution is 0.282. The molecular formula is C14H23NO3S. The molecule has 0 radical (unpaired) electrons. The molecule has 1 aromatic carbocycles. The fourth-order valence-electron chi connectivity index (χ4n) is 1.87. The van der Waals surface area contributed by atoms with E-state index in [1.54, 1.807) is 13.0 Å². The van der Waals surface area contributed by atoms with Crippen molar-refractivity contribution in [2.75, 3.05) is 13.2 Å². The van der Waals surface area contributed by atoms with Crippen LogP contribution in [0.1, 0.15) is 36.8 Å². The van der Waals surface area contributed by atoms with Gasteiger partial charge in [0.2, 0.25) is 10.0 Å². The molecule has 1 aromatic rings. The Balaban J connectivity index is 2.54. The van der Waals surface area contributed by atoms with Crippen molar-refractivity contribution in [3.63, 3.8) is 0 Å². The molecule has 0 aliphatic carbocycles. The topological polar surface area (TPSA) is 66.4 Å². The summed E-state index contributed by atoms with van der Waals surface area (Å²) in [5, 5.41) is 8.65. The van der Waals surface area contributed by atoms with Crippen LogP contribution in [0.2, 0.25) is 0 Å². The lowest BCUT2D eigenvalue weighted by Crippen LogP contribution is -2.25. The zero-order valence-corrected chi connectivity index (χ0v) is 12.5. The number of rotatable bonds is 8. The maximum atomic E-state index is 12.1. The predicted octanol–water partition coefficient (Wildman–Crippen LogP) is 2.13. The molecule has 0 bridgehead atoms. The van der Waals surface area contributed by atoms with Crippen LogP contribution in [0, 0.1) is 13.8 Å². The van der Waals surface area contributed by atoms with Crippen LogP contribution >= 0.6 is 0 Å². The SMILES string of the molecule is Cc1ccc(C)c(S(=O)(=O)NCCCCCCO)c1. The average molecular weight is 285 g/mol. The molecule has 0 unspecified atom stereocenters. The third-order valence-electron chi connectivity index (χ3n) is 3.01. The first-order valence-electron chi connectivity index (χ1n) is 6.65. The van der Waals surface area contributed by atoms with Crippen molar-refractivity contribution < 1.29 is 13.5 Å². The van der Waals surface area contributed by atoms with Crippen molar-refractivity contribution in [3.05, 3.63) is 29.3 Å². The minimum Gasteiger partial charge on any atom is -0.396 e. The van der Waals surface area contributed by atoms with Crippen LogP contribution in [-0.4, -0.2) is 26.7 Å². The molecule has 0 heterocycles. The van der Waals surface area contributed by atoms with E-state index in [1.165, 1.54) is 0 Å². The molecule has 108 valence electrons. The molecule has 0 amide bonds. The smallest absolute Gasteiger partial charge is 0.240 e. The van der Waals surface area contributed by atoms with Crippen LogP contribution in [0.3, 0.4) is 0 Å². The Hall–Kier alpha value is -0.910. The summed E-state index contributed by atoms with van der Waals surface area (Å²) in [6.07, 6.45) is 3.44. The standard InChI is InChI=1S/C14H23NO3S/c1-12-7-8-13(2)14(11-12)19(17,18)15-9-5-3-4-6-10-16/h7-8,11,15-16H,3-6,9-10H2,1-2H3. The summed E-state index contributed by atoms with van der Waals surface area (Å²) in [5.74, 6) is 0. The number of aliphatic hydroxyl groups excluding tert-OH is 1. The van der Waals surface area contributed by atoms with E-state index in [0.29, 0.717) is 11.4 Å². The maximum absolute atomic E-state index is 12.1. The van der Waals surface area contributed by atoms with Crippen LogP contribution in [0.4, 0.5) is 0 Å². The molecule has 4 nitrogen and oxygen atoms in total. The number of benzene rings is 1. The fraction of sp³-hybridized carbons (Fsp3) is 0.571. The molecule has 0 spiro atoms. The minimum absolute atomic E-state index is 0.203. The van der Waals surface area contributed by atoms with Crippen LogP contribution in [0.25, 0.3) is 0 Å². The molecule has 1 rings (SSSR count). The largest absolute Gasteiger partial charge is 0.396 e. The van der Waals surface area contributed by atoms with Crippen LogP contribution in [0.15, 0.2) is 23.1 Å². The third kappa shape index (κ3) is 5.30. The highest BCUT2D eigenvalue weighted by molar-refractivity contribution is 7.89. The summed E-state index contributed by atoms with van der Waals surface area (Å²) in [4.78, 5) is 0.364. The molecule has 5 heteroatoms. The van der Waals surface area contributed by atoms with Crippen molar-refractivity contribution in [2.24, 2.45) is 0 Å². The van der Waals surface area contributed by atoms with E-state index < -0.39 is 10.0 Å². The van der Waals surface area contributed by atoms with E-state index in [9.17, 15) is 8.42 Å². The summed E-state index contributed by atoms with van der Waals surface area (Å²) in [6.45, 7) is 4.33. The number of aryl methyl sites for hydroxylation is 2. The van der Waals surface area contributed by atoms with Crippen molar-refractivity contribution in [1.29, 1.82) is 0 Å². The van der Waals surface area contributed by atoms with Gasteiger partial charge < -0.3 is 5.11 Å². The normalized spacial score (nSPS) is 11.7. The summed E-state index contributed by atoms with van der Waals surface area (Å²) >= 11 is 0. The number of unbranched alkanes of at least 4 members (excludes halogenated alkanes) is 3. The summed E-state index contributed by atoms with van der Waals surface area (Å²) in [6, 6.07) is 5.43. The van der Waals surface area contributed by atoms with E-state index in [4.69, 9.17) is 5.11 Å². The second-order valence-corrected chi connectivity index (χ2v) is 6.54. The Morgan fingerprint density at radius 1 is 1.11 bits per heavy atom. The molecule has 0 atom stereocenters. The second kappa shape index (κ2) is 7.62. The van der Waals surface area contributed by atoms with Gasteiger partial charge in [0.05, 0.1) is 4.90 Å². The van der Waals surface area contributed by atoms with Gasteiger partial charge in [-0.3, -0.25) is 0 Å². The fourth-order valence-corrected chi connectivity index (χ4v) is 3.27. The van der Waals surface area contributed by atoms with Gasteiger partial charge in [-0.2, -0.15) is 0 Å². The van der Waals surface area contributed by atoms with Crippen molar-refractivity contribution in [3.8, 4) is 0 Å². The highest BCUT2D eigenvalue weighted by atomic mass is 32.2. The number of aliphatic hydroxyl groups is 1. The first-order chi connectivity index (χ1) is 8.97. The van der Waals surface area contributed by atoms with Gasteiger partial charge in [-0.1, -0.05) is 25.0 Å². The molecule has 0 saturated heterocycles. The molecule has 2 N–H and O–H groups in total. The van der Waals surface area contributed by atoms with Crippen molar-refractivity contribution in [2.45, 2.75) is 44.4 Å². The van der Waals surface area contributed by atoms with Gasteiger partial charge in [-0.05, 0) is 43.9 Å². The first kappa shape index (κ1) is 16.1. The minimum atomic E-state index is -3.41. The van der Waals surface area contributed by atoms with Gasteiger partial charge in [0.1, 0.15) is 0 Å². The maximum Gasteiger partial charge on any atom is 0.240 e. The number of nitrogens with one attached hydrogen (secondary N) is 1. The number of hydrogen-bond acceptors (Lipinski definition) is 3. The summed E-state index contributed by atoms with van der Waals surface area (Å²) in [7, 11) is -3.41. The number of hydrogen-bond donors (Lipinski definition) is 2. The molecule has 0 aliphatic heterocycles. The van der Waals surface area contributed by atoms with Gasteiger partial charge in [0.15, 0.2) is 0 Å². The van der Waals surface area contributed by atoms with E-state index >= 15 is 0 Å². The van der Waals surface area contributed by atoms with Crippen LogP contribution in [-0.2, 0) is 10.0 Å². The Kier molecular flexibility index (Phi) is 6.48. The van der Waals surface area contributed by atoms with Crippen molar-refractivity contribution in [1.82, 2.24) is 4.72 Å². The second-order valence-electron chi connectivity index (χ2n) is 4.80. The van der Waals surface area contributed by atoms with Gasteiger partial charge in [-0.15, -0.1) is 0 Å². The monoisotopic (exact) mass is 285 g/mol. The Morgan fingerprint density at radius 2 is 1.79 bits per heavy atom. The Morgan fingerprint density at radius 3 is 2.47 bits per heavy atom. The van der Waals surface area contributed by atoms with E-state index in [2.05, 4.69) is 4.72 Å². The van der Waals surface area contributed by atoms with Crippen LogP contribution < -0.4 is 4.72 Å². The van der Waals surface area contributed by atoms with Gasteiger partial charge in [0, 0.05) is 13.2 Å². The van der Waals surface area contributed by atoms with Gasteiger partial charge in [0.25, 0.3) is 0 Å². The number of sulfonamides is 1. The van der Waals surface area contributed by atoms with Crippen LogP contribution in [0.5, 0.6) is 0 Å². The van der Waals surface area contributed by atoms with Crippen molar-refractivity contribution >= 4 is 10.0 Å². The molecular weight excluding hydrogens is 262 g/mol. The lowest BCUT2D eigenvalue weighted by Gasteiger charge is -2.10. The molecule has 0 aromatic heterocycles. The molecule has 19 heavy (non-hydrogen) atoms. The van der Waals surface area contributed by atoms with E-state index in [0.717, 1.165) is 36.8 Å². The quantitative estimate of drug-likeness (QED) is 0.719. The van der Waals surface area contributed by atoms with Gasteiger partial charge >= 0.3 is 0 Å². The Bertz CT molecular complexity index is 497. The molecule has 0 saturated carbocycles. The first-order valence-corrected chi connectivity index (χ1v) is 8.13.